The summed E-state index contributed by atoms with van der Waals surface area (Å²) in [5.74, 6) is -0.779. The summed E-state index contributed by atoms with van der Waals surface area (Å²) in [7, 11) is 0. The first-order chi connectivity index (χ1) is 11.1. The lowest BCUT2D eigenvalue weighted by molar-refractivity contribution is -0.119. The van der Waals surface area contributed by atoms with Crippen molar-refractivity contribution >= 4 is 28.8 Å². The van der Waals surface area contributed by atoms with Crippen LogP contribution in [0.2, 0.25) is 0 Å². The number of nitrogens with zero attached hydrogens (tertiary/aromatic N) is 1. The van der Waals surface area contributed by atoms with E-state index in [0.29, 0.717) is 23.5 Å². The highest BCUT2D eigenvalue weighted by molar-refractivity contribution is 7.12. The third kappa shape index (κ3) is 3.27. The standard InChI is InChI=1S/C17H17FN2O2S/c1-11-6-7-12(18)10-13(11)19-16(21)14-4-2-8-20(14)17(22)15-5-3-9-23-15/h3,5-7,9-10,14H,2,4,8H2,1H3,(H,19,21)/t14-/m1/s1. The molecule has 0 spiro atoms. The van der Waals surface area contributed by atoms with Gasteiger partial charge in [0.2, 0.25) is 5.91 Å². The second kappa shape index (κ2) is 6.50. The molecule has 0 radical (unpaired) electrons. The molecule has 1 aliphatic heterocycles. The predicted octanol–water partition coefficient (Wildman–Crippen LogP) is 3.44. The number of anilines is 1. The van der Waals surface area contributed by atoms with Crippen molar-refractivity contribution in [1.29, 1.82) is 0 Å². The highest BCUT2D eigenvalue weighted by Crippen LogP contribution is 2.24. The number of nitrogens with one attached hydrogen (secondary N) is 1. The van der Waals surface area contributed by atoms with Crippen LogP contribution in [-0.4, -0.2) is 29.3 Å². The van der Waals surface area contributed by atoms with E-state index in [9.17, 15) is 14.0 Å². The summed E-state index contributed by atoms with van der Waals surface area (Å²) in [6, 6.07) is 7.35. The van der Waals surface area contributed by atoms with Crippen LogP contribution in [-0.2, 0) is 4.79 Å². The minimum absolute atomic E-state index is 0.117. The molecule has 2 aromatic rings. The quantitative estimate of drug-likeness (QED) is 0.936. The number of halogens is 1. The SMILES string of the molecule is Cc1ccc(F)cc1NC(=O)[C@H]1CCCN1C(=O)c1cccs1. The molecule has 0 unspecified atom stereocenters. The topological polar surface area (TPSA) is 49.4 Å². The molecule has 1 saturated heterocycles. The molecule has 6 heteroatoms. The minimum atomic E-state index is -0.507. The summed E-state index contributed by atoms with van der Waals surface area (Å²) < 4.78 is 13.4. The Bertz CT molecular complexity index is 730. The van der Waals surface area contributed by atoms with Crippen LogP contribution < -0.4 is 5.32 Å². The van der Waals surface area contributed by atoms with Crippen LogP contribution in [0.25, 0.3) is 0 Å². The molecule has 2 heterocycles. The number of carbonyl (C=O) groups is 2. The van der Waals surface area contributed by atoms with E-state index in [-0.39, 0.29) is 11.8 Å². The maximum absolute atomic E-state index is 13.4. The van der Waals surface area contributed by atoms with Crippen molar-refractivity contribution in [2.75, 3.05) is 11.9 Å². The van der Waals surface area contributed by atoms with Crippen LogP contribution in [0.15, 0.2) is 35.7 Å². The van der Waals surface area contributed by atoms with Crippen molar-refractivity contribution in [3.8, 4) is 0 Å². The molecule has 23 heavy (non-hydrogen) atoms. The molecule has 0 aliphatic carbocycles. The maximum Gasteiger partial charge on any atom is 0.264 e. The summed E-state index contributed by atoms with van der Waals surface area (Å²) in [6.45, 7) is 2.37. The van der Waals surface area contributed by atoms with Gasteiger partial charge in [-0.15, -0.1) is 11.3 Å². The molecule has 0 bridgehead atoms. The highest BCUT2D eigenvalue weighted by Gasteiger charge is 2.35. The zero-order valence-electron chi connectivity index (χ0n) is 12.7. The smallest absolute Gasteiger partial charge is 0.264 e. The average molecular weight is 332 g/mol. The van der Waals surface area contributed by atoms with E-state index in [1.807, 2.05) is 11.4 Å². The van der Waals surface area contributed by atoms with E-state index in [1.54, 1.807) is 24.0 Å². The van der Waals surface area contributed by atoms with Crippen molar-refractivity contribution in [2.45, 2.75) is 25.8 Å². The van der Waals surface area contributed by atoms with Gasteiger partial charge in [0, 0.05) is 12.2 Å². The largest absolute Gasteiger partial charge is 0.326 e. The number of likely N-dealkylation sites (tertiary alicyclic amines) is 1. The van der Waals surface area contributed by atoms with Gasteiger partial charge in [-0.3, -0.25) is 9.59 Å². The molecule has 4 nitrogen and oxygen atoms in total. The fraction of sp³-hybridized carbons (Fsp3) is 0.294. The molecule has 0 saturated carbocycles. The number of carbonyl (C=O) groups excluding carboxylic acids is 2. The second-order valence-corrected chi connectivity index (χ2v) is 6.53. The van der Waals surface area contributed by atoms with Crippen molar-refractivity contribution in [3.63, 3.8) is 0 Å². The number of hydrogen-bond acceptors (Lipinski definition) is 3. The predicted molar refractivity (Wildman–Crippen MR) is 88.1 cm³/mol. The summed E-state index contributed by atoms with van der Waals surface area (Å²) in [5, 5.41) is 4.60. The molecular weight excluding hydrogens is 315 g/mol. The van der Waals surface area contributed by atoms with Gasteiger partial charge in [0.25, 0.3) is 5.91 Å². The van der Waals surface area contributed by atoms with Crippen molar-refractivity contribution < 1.29 is 14.0 Å². The van der Waals surface area contributed by atoms with Gasteiger partial charge in [-0.05, 0) is 48.9 Å². The monoisotopic (exact) mass is 332 g/mol. The zero-order chi connectivity index (χ0) is 16.4. The average Bonchev–Trinajstić information content (AvgIpc) is 3.20. The number of thiophene rings is 1. The third-order valence-electron chi connectivity index (χ3n) is 4.01. The summed E-state index contributed by atoms with van der Waals surface area (Å²) in [6.07, 6.45) is 1.41. The van der Waals surface area contributed by atoms with Crippen molar-refractivity contribution in [1.82, 2.24) is 4.90 Å². The zero-order valence-corrected chi connectivity index (χ0v) is 13.5. The summed E-state index contributed by atoms with van der Waals surface area (Å²) in [4.78, 5) is 27.3. The summed E-state index contributed by atoms with van der Waals surface area (Å²) >= 11 is 1.37. The Morgan fingerprint density at radius 3 is 2.91 bits per heavy atom. The first-order valence-electron chi connectivity index (χ1n) is 7.48. The Hall–Kier alpha value is -2.21. The lowest BCUT2D eigenvalue weighted by Gasteiger charge is -2.23. The Morgan fingerprint density at radius 1 is 1.35 bits per heavy atom. The number of amides is 2. The normalized spacial score (nSPS) is 17.3. The van der Waals surface area contributed by atoms with Crippen LogP contribution >= 0.6 is 11.3 Å². The first kappa shape index (κ1) is 15.7. The van der Waals surface area contributed by atoms with Crippen molar-refractivity contribution in [2.24, 2.45) is 0 Å². The van der Waals surface area contributed by atoms with E-state index in [0.717, 1.165) is 12.0 Å². The lowest BCUT2D eigenvalue weighted by atomic mass is 10.1. The molecule has 3 rings (SSSR count). The van der Waals surface area contributed by atoms with Crippen LogP contribution in [0.3, 0.4) is 0 Å². The van der Waals surface area contributed by atoms with Gasteiger partial charge in [-0.1, -0.05) is 12.1 Å². The van der Waals surface area contributed by atoms with Crippen molar-refractivity contribution in [3.05, 3.63) is 52.0 Å². The fourth-order valence-corrected chi connectivity index (χ4v) is 3.45. The molecule has 1 aromatic heterocycles. The van der Waals surface area contributed by atoms with E-state index in [2.05, 4.69) is 5.32 Å². The van der Waals surface area contributed by atoms with Crippen LogP contribution in [0.5, 0.6) is 0 Å². The van der Waals surface area contributed by atoms with E-state index in [4.69, 9.17) is 0 Å². The Balaban J connectivity index is 1.76. The van der Waals surface area contributed by atoms with Gasteiger partial charge in [-0.25, -0.2) is 4.39 Å². The molecule has 2 amide bonds. The number of benzene rings is 1. The Kier molecular flexibility index (Phi) is 4.43. The van der Waals surface area contributed by atoms with Crippen LogP contribution in [0.4, 0.5) is 10.1 Å². The number of aryl methyl sites for hydroxylation is 1. The number of rotatable bonds is 3. The van der Waals surface area contributed by atoms with Gasteiger partial charge < -0.3 is 10.2 Å². The second-order valence-electron chi connectivity index (χ2n) is 5.58. The van der Waals surface area contributed by atoms with Gasteiger partial charge in [0.15, 0.2) is 0 Å². The third-order valence-corrected chi connectivity index (χ3v) is 4.86. The molecule has 1 N–H and O–H groups in total. The first-order valence-corrected chi connectivity index (χ1v) is 8.36. The molecular formula is C17H17FN2O2S. The molecule has 1 aliphatic rings. The summed E-state index contributed by atoms with van der Waals surface area (Å²) in [5.41, 5.74) is 1.24. The number of hydrogen-bond donors (Lipinski definition) is 1. The Labute approximate surface area is 137 Å². The van der Waals surface area contributed by atoms with E-state index >= 15 is 0 Å². The highest BCUT2D eigenvalue weighted by atomic mass is 32.1. The molecule has 1 fully saturated rings. The molecule has 120 valence electrons. The van der Waals surface area contributed by atoms with Crippen LogP contribution in [0.1, 0.15) is 28.1 Å². The Morgan fingerprint density at radius 2 is 2.17 bits per heavy atom. The van der Waals surface area contributed by atoms with Gasteiger partial charge in [-0.2, -0.15) is 0 Å². The lowest BCUT2D eigenvalue weighted by Crippen LogP contribution is -2.43. The van der Waals surface area contributed by atoms with Gasteiger partial charge in [0.1, 0.15) is 11.9 Å². The van der Waals surface area contributed by atoms with Crippen LogP contribution in [0, 0.1) is 12.7 Å². The van der Waals surface area contributed by atoms with E-state index in [1.165, 1.54) is 23.5 Å². The molecule has 1 aromatic carbocycles. The fourth-order valence-electron chi connectivity index (χ4n) is 2.77. The maximum atomic E-state index is 13.4. The molecule has 1 atom stereocenters. The van der Waals surface area contributed by atoms with E-state index < -0.39 is 11.9 Å². The van der Waals surface area contributed by atoms with Gasteiger partial charge >= 0.3 is 0 Å². The minimum Gasteiger partial charge on any atom is -0.326 e. The van der Waals surface area contributed by atoms with Gasteiger partial charge in [0.05, 0.1) is 4.88 Å².